The van der Waals surface area contributed by atoms with E-state index in [0.29, 0.717) is 15.3 Å². The van der Waals surface area contributed by atoms with E-state index in [1.165, 1.54) is 0 Å². The summed E-state index contributed by atoms with van der Waals surface area (Å²) in [5, 5.41) is 8.87. The van der Waals surface area contributed by atoms with Gasteiger partial charge in [-0.05, 0) is 29.3 Å². The molecule has 0 spiro atoms. The highest BCUT2D eigenvalue weighted by Gasteiger charge is 2.19. The number of rotatable bonds is 4. The molecule has 0 bridgehead atoms. The largest absolute Gasteiger partial charge is 0.540 e. The SMILES string of the molecule is CCC(C)(C)[Si]Oc1ccc(C#N)cc1. The zero-order valence-electron chi connectivity index (χ0n) is 9.37. The highest BCUT2D eigenvalue weighted by atomic mass is 28.2. The average Bonchev–Trinajstić information content (AvgIpc) is 2.27. The van der Waals surface area contributed by atoms with Gasteiger partial charge in [-0.3, -0.25) is 0 Å². The molecule has 0 N–H and O–H groups in total. The number of nitrogens with zero attached hydrogens (tertiary/aromatic N) is 1. The second-order valence-corrected chi connectivity index (χ2v) is 5.84. The smallest absolute Gasteiger partial charge is 0.317 e. The summed E-state index contributed by atoms with van der Waals surface area (Å²) in [6.07, 6.45) is 1.10. The van der Waals surface area contributed by atoms with Crippen molar-refractivity contribution in [2.45, 2.75) is 32.2 Å². The fraction of sp³-hybridized carbons (Fsp3) is 0.417. The predicted octanol–water partition coefficient (Wildman–Crippen LogP) is 3.16. The Balaban J connectivity index is 2.56. The second kappa shape index (κ2) is 4.99. The third-order valence-corrected chi connectivity index (χ3v) is 3.56. The third-order valence-electron chi connectivity index (χ3n) is 2.31. The van der Waals surface area contributed by atoms with Crippen LogP contribution in [0.15, 0.2) is 24.3 Å². The van der Waals surface area contributed by atoms with Gasteiger partial charge in [-0.15, -0.1) is 0 Å². The molecule has 1 rings (SSSR count). The van der Waals surface area contributed by atoms with E-state index in [4.69, 9.17) is 9.69 Å². The van der Waals surface area contributed by atoms with E-state index in [2.05, 4.69) is 26.8 Å². The summed E-state index contributed by atoms with van der Waals surface area (Å²) < 4.78 is 5.68. The van der Waals surface area contributed by atoms with Crippen LogP contribution >= 0.6 is 0 Å². The molecule has 1 aromatic rings. The lowest BCUT2D eigenvalue weighted by atomic mass is 10.1. The quantitative estimate of drug-likeness (QED) is 0.726. The van der Waals surface area contributed by atoms with Gasteiger partial charge in [-0.2, -0.15) is 5.26 Å². The highest BCUT2D eigenvalue weighted by molar-refractivity contribution is 6.33. The molecule has 3 heteroatoms. The van der Waals surface area contributed by atoms with Crippen LogP contribution in [0.5, 0.6) is 5.75 Å². The zero-order chi connectivity index (χ0) is 11.3. The number of benzene rings is 1. The zero-order valence-corrected chi connectivity index (χ0v) is 10.4. The van der Waals surface area contributed by atoms with E-state index in [0.717, 1.165) is 12.2 Å². The van der Waals surface area contributed by atoms with Crippen LogP contribution in [-0.2, 0) is 0 Å². The molecule has 0 atom stereocenters. The minimum atomic E-state index is 0.230. The molecule has 15 heavy (non-hydrogen) atoms. The summed E-state index contributed by atoms with van der Waals surface area (Å²) in [5.74, 6) is 0.842. The molecule has 0 aliphatic rings. The normalized spacial score (nSPS) is 10.8. The summed E-state index contributed by atoms with van der Waals surface area (Å²) in [4.78, 5) is 0. The Kier molecular flexibility index (Phi) is 3.93. The maximum Gasteiger partial charge on any atom is 0.317 e. The molecule has 0 saturated heterocycles. The van der Waals surface area contributed by atoms with Gasteiger partial charge in [-0.25, -0.2) is 0 Å². The lowest BCUT2D eigenvalue weighted by Crippen LogP contribution is -2.17. The first-order chi connectivity index (χ1) is 7.07. The van der Waals surface area contributed by atoms with Crippen molar-refractivity contribution >= 4 is 9.76 Å². The van der Waals surface area contributed by atoms with Gasteiger partial charge >= 0.3 is 9.76 Å². The molecular formula is C12H15NOSi. The van der Waals surface area contributed by atoms with Crippen molar-refractivity contribution in [1.29, 1.82) is 5.26 Å². The monoisotopic (exact) mass is 217 g/mol. The molecule has 0 aromatic heterocycles. The molecule has 2 radical (unpaired) electrons. The maximum atomic E-state index is 8.64. The van der Waals surface area contributed by atoms with Crippen LogP contribution in [0.4, 0.5) is 0 Å². The molecule has 0 aliphatic heterocycles. The van der Waals surface area contributed by atoms with Crippen LogP contribution in [0.2, 0.25) is 5.04 Å². The Morgan fingerprint density at radius 2 is 1.93 bits per heavy atom. The van der Waals surface area contributed by atoms with Gasteiger partial charge in [-0.1, -0.05) is 27.2 Å². The van der Waals surface area contributed by atoms with Crippen LogP contribution in [0.25, 0.3) is 0 Å². The number of nitriles is 1. The molecular weight excluding hydrogens is 202 g/mol. The van der Waals surface area contributed by atoms with Crippen LogP contribution in [0.1, 0.15) is 32.8 Å². The average molecular weight is 217 g/mol. The Hall–Kier alpha value is -1.27. The van der Waals surface area contributed by atoms with Crippen LogP contribution in [-0.4, -0.2) is 9.76 Å². The molecule has 0 saturated carbocycles. The van der Waals surface area contributed by atoms with Crippen molar-refractivity contribution in [3.05, 3.63) is 29.8 Å². The standard InChI is InChI=1S/C12H15NOSi/c1-4-12(2,3)15-14-11-7-5-10(9-13)6-8-11/h5-8H,4H2,1-3H3. The summed E-state index contributed by atoms with van der Waals surface area (Å²) in [7, 11) is 0.451. The van der Waals surface area contributed by atoms with Crippen molar-refractivity contribution < 1.29 is 4.43 Å². The fourth-order valence-electron chi connectivity index (χ4n) is 0.867. The fourth-order valence-corrected chi connectivity index (χ4v) is 1.54. The van der Waals surface area contributed by atoms with Crippen molar-refractivity contribution in [3.8, 4) is 11.8 Å². The van der Waals surface area contributed by atoms with Gasteiger partial charge in [0, 0.05) is 0 Å². The molecule has 0 unspecified atom stereocenters. The molecule has 78 valence electrons. The van der Waals surface area contributed by atoms with Gasteiger partial charge in [0.1, 0.15) is 5.75 Å². The predicted molar refractivity (Wildman–Crippen MR) is 61.9 cm³/mol. The maximum absolute atomic E-state index is 8.64. The molecule has 2 nitrogen and oxygen atoms in total. The van der Waals surface area contributed by atoms with Crippen molar-refractivity contribution in [2.24, 2.45) is 0 Å². The highest BCUT2D eigenvalue weighted by Crippen LogP contribution is 2.27. The van der Waals surface area contributed by atoms with Crippen molar-refractivity contribution in [2.75, 3.05) is 0 Å². The van der Waals surface area contributed by atoms with Gasteiger partial charge in [0.2, 0.25) is 0 Å². The van der Waals surface area contributed by atoms with Gasteiger partial charge in [0.15, 0.2) is 0 Å². The lowest BCUT2D eigenvalue weighted by Gasteiger charge is -2.20. The summed E-state index contributed by atoms with van der Waals surface area (Å²) in [6, 6.07) is 9.33. The Bertz CT molecular complexity index is 351. The van der Waals surface area contributed by atoms with Crippen LogP contribution < -0.4 is 4.43 Å². The first-order valence-corrected chi connectivity index (χ1v) is 5.92. The van der Waals surface area contributed by atoms with E-state index in [1.807, 2.05) is 12.1 Å². The van der Waals surface area contributed by atoms with Crippen LogP contribution in [0, 0.1) is 11.3 Å². The molecule has 0 amide bonds. The summed E-state index contributed by atoms with van der Waals surface area (Å²) in [6.45, 7) is 6.54. The van der Waals surface area contributed by atoms with Crippen molar-refractivity contribution in [3.63, 3.8) is 0 Å². The van der Waals surface area contributed by atoms with Gasteiger partial charge in [0.25, 0.3) is 0 Å². The van der Waals surface area contributed by atoms with Crippen molar-refractivity contribution in [1.82, 2.24) is 0 Å². The second-order valence-electron chi connectivity index (χ2n) is 4.08. The first kappa shape index (κ1) is 11.8. The lowest BCUT2D eigenvalue weighted by molar-refractivity contribution is 0.517. The molecule has 0 aliphatic carbocycles. The van der Waals surface area contributed by atoms with E-state index in [9.17, 15) is 0 Å². The minimum Gasteiger partial charge on any atom is -0.540 e. The van der Waals surface area contributed by atoms with E-state index < -0.39 is 0 Å². The summed E-state index contributed by atoms with van der Waals surface area (Å²) >= 11 is 0. The Morgan fingerprint density at radius 1 is 1.33 bits per heavy atom. The number of hydrogen-bond acceptors (Lipinski definition) is 2. The Labute approximate surface area is 93.8 Å². The molecule has 0 fully saturated rings. The molecule has 0 heterocycles. The van der Waals surface area contributed by atoms with E-state index in [1.54, 1.807) is 12.1 Å². The first-order valence-electron chi connectivity index (χ1n) is 5.01. The molecule has 1 aromatic carbocycles. The van der Waals surface area contributed by atoms with E-state index in [-0.39, 0.29) is 5.04 Å². The van der Waals surface area contributed by atoms with Gasteiger partial charge in [0.05, 0.1) is 11.6 Å². The Morgan fingerprint density at radius 3 is 2.40 bits per heavy atom. The minimum absolute atomic E-state index is 0.230. The topological polar surface area (TPSA) is 33.0 Å². The third kappa shape index (κ3) is 3.76. The van der Waals surface area contributed by atoms with E-state index >= 15 is 0 Å². The van der Waals surface area contributed by atoms with Gasteiger partial charge < -0.3 is 4.43 Å². The number of hydrogen-bond donors (Lipinski definition) is 0. The summed E-state index contributed by atoms with van der Waals surface area (Å²) in [5.41, 5.74) is 0.667. The van der Waals surface area contributed by atoms with Crippen LogP contribution in [0.3, 0.4) is 0 Å².